The number of ketones is 1. The zero-order valence-electron chi connectivity index (χ0n) is 11.1. The van der Waals surface area contributed by atoms with Crippen molar-refractivity contribution in [3.63, 3.8) is 0 Å². The first kappa shape index (κ1) is 12.9. The summed E-state index contributed by atoms with van der Waals surface area (Å²) in [5.74, 6) is 1.62. The van der Waals surface area contributed by atoms with Crippen LogP contribution in [0, 0.1) is 0 Å². The molecule has 1 saturated carbocycles. The van der Waals surface area contributed by atoms with Gasteiger partial charge in [0.05, 0.1) is 11.8 Å². The molecule has 3 heteroatoms. The van der Waals surface area contributed by atoms with E-state index in [0.717, 1.165) is 18.6 Å². The Kier molecular flexibility index (Phi) is 3.90. The molecule has 0 spiro atoms. The van der Waals surface area contributed by atoms with E-state index < -0.39 is 0 Å². The van der Waals surface area contributed by atoms with Crippen molar-refractivity contribution in [1.29, 1.82) is 0 Å². The van der Waals surface area contributed by atoms with Crippen LogP contribution in [0.4, 0.5) is 5.69 Å². The van der Waals surface area contributed by atoms with Gasteiger partial charge in [-0.05, 0) is 50.3 Å². The Morgan fingerprint density at radius 3 is 2.56 bits per heavy atom. The van der Waals surface area contributed by atoms with Crippen LogP contribution in [0.3, 0.4) is 0 Å². The number of benzene rings is 1. The number of Topliss-reactive ketones (excluding diaryl/α,β-unsaturated/α-hetero) is 1. The highest BCUT2D eigenvalue weighted by Gasteiger charge is 2.21. The van der Waals surface area contributed by atoms with Crippen LogP contribution in [0.25, 0.3) is 0 Å². The molecule has 2 N–H and O–H groups in total. The van der Waals surface area contributed by atoms with Crippen LogP contribution in [-0.4, -0.2) is 11.9 Å². The second-order valence-electron chi connectivity index (χ2n) is 5.28. The Morgan fingerprint density at radius 2 is 1.94 bits per heavy atom. The van der Waals surface area contributed by atoms with Crippen molar-refractivity contribution >= 4 is 11.5 Å². The molecule has 0 heterocycles. The number of rotatable bonds is 3. The Labute approximate surface area is 108 Å². The topological polar surface area (TPSA) is 52.3 Å². The second-order valence-corrected chi connectivity index (χ2v) is 5.28. The quantitative estimate of drug-likeness (QED) is 0.834. The van der Waals surface area contributed by atoms with Gasteiger partial charge < -0.3 is 10.5 Å². The van der Waals surface area contributed by atoms with Gasteiger partial charge in [0.25, 0.3) is 0 Å². The van der Waals surface area contributed by atoms with Crippen LogP contribution < -0.4 is 10.5 Å². The monoisotopic (exact) mass is 247 g/mol. The van der Waals surface area contributed by atoms with E-state index in [4.69, 9.17) is 10.5 Å². The van der Waals surface area contributed by atoms with Crippen LogP contribution in [0.2, 0.25) is 0 Å². The number of ether oxygens (including phenoxy) is 1. The lowest BCUT2D eigenvalue weighted by Crippen LogP contribution is -2.13. The Bertz CT molecular complexity index is 430. The Hall–Kier alpha value is -1.51. The molecule has 0 amide bonds. The SMILES string of the molecule is CC(C)Oc1cc(C2CCC(=O)CC2)ccc1N. The van der Waals surface area contributed by atoms with Gasteiger partial charge in [0.2, 0.25) is 0 Å². The van der Waals surface area contributed by atoms with Gasteiger partial charge >= 0.3 is 0 Å². The maximum absolute atomic E-state index is 11.3. The van der Waals surface area contributed by atoms with Gasteiger partial charge in [-0.1, -0.05) is 6.07 Å². The largest absolute Gasteiger partial charge is 0.489 e. The van der Waals surface area contributed by atoms with E-state index in [0.29, 0.717) is 30.2 Å². The predicted molar refractivity (Wildman–Crippen MR) is 72.8 cm³/mol. The smallest absolute Gasteiger partial charge is 0.142 e. The summed E-state index contributed by atoms with van der Waals surface area (Å²) >= 11 is 0. The van der Waals surface area contributed by atoms with E-state index in [1.54, 1.807) is 0 Å². The highest BCUT2D eigenvalue weighted by Crippen LogP contribution is 2.35. The van der Waals surface area contributed by atoms with Crippen LogP contribution in [-0.2, 0) is 4.79 Å². The fourth-order valence-corrected chi connectivity index (χ4v) is 2.43. The van der Waals surface area contributed by atoms with Crippen molar-refractivity contribution in [1.82, 2.24) is 0 Å². The number of hydrogen-bond acceptors (Lipinski definition) is 3. The van der Waals surface area contributed by atoms with Gasteiger partial charge in [0, 0.05) is 12.8 Å². The number of nitrogen functional groups attached to an aromatic ring is 1. The number of nitrogens with two attached hydrogens (primary N) is 1. The van der Waals surface area contributed by atoms with Crippen LogP contribution in [0.5, 0.6) is 5.75 Å². The minimum Gasteiger partial charge on any atom is -0.489 e. The third-order valence-electron chi connectivity index (χ3n) is 3.41. The Morgan fingerprint density at radius 1 is 1.28 bits per heavy atom. The van der Waals surface area contributed by atoms with Crippen molar-refractivity contribution in [2.75, 3.05) is 5.73 Å². The summed E-state index contributed by atoms with van der Waals surface area (Å²) in [5.41, 5.74) is 7.83. The molecule has 18 heavy (non-hydrogen) atoms. The molecule has 98 valence electrons. The molecule has 1 fully saturated rings. The van der Waals surface area contributed by atoms with Crippen molar-refractivity contribution < 1.29 is 9.53 Å². The second kappa shape index (κ2) is 5.42. The molecular weight excluding hydrogens is 226 g/mol. The summed E-state index contributed by atoms with van der Waals surface area (Å²) in [6.45, 7) is 3.98. The highest BCUT2D eigenvalue weighted by atomic mass is 16.5. The molecule has 2 rings (SSSR count). The highest BCUT2D eigenvalue weighted by molar-refractivity contribution is 5.79. The van der Waals surface area contributed by atoms with Crippen LogP contribution in [0.1, 0.15) is 51.0 Å². The fraction of sp³-hybridized carbons (Fsp3) is 0.533. The third-order valence-corrected chi connectivity index (χ3v) is 3.41. The third kappa shape index (κ3) is 3.03. The number of hydrogen-bond donors (Lipinski definition) is 1. The van der Waals surface area contributed by atoms with Gasteiger partial charge in [-0.3, -0.25) is 4.79 Å². The summed E-state index contributed by atoms with van der Waals surface area (Å²) in [5, 5.41) is 0. The summed E-state index contributed by atoms with van der Waals surface area (Å²) in [6, 6.07) is 6.00. The molecule has 1 aromatic carbocycles. The standard InChI is InChI=1S/C15H21NO2/c1-10(2)18-15-9-12(5-8-14(15)16)11-3-6-13(17)7-4-11/h5,8-11H,3-4,6-7,16H2,1-2H3. The van der Waals surface area contributed by atoms with E-state index in [1.807, 2.05) is 26.0 Å². The van der Waals surface area contributed by atoms with Crippen molar-refractivity contribution in [2.45, 2.75) is 51.6 Å². The first-order valence-electron chi connectivity index (χ1n) is 6.64. The molecule has 0 unspecified atom stereocenters. The first-order valence-corrected chi connectivity index (χ1v) is 6.64. The maximum Gasteiger partial charge on any atom is 0.142 e. The molecule has 0 bridgehead atoms. The predicted octanol–water partition coefficient (Wildman–Crippen LogP) is 3.28. The molecule has 0 aromatic heterocycles. The van der Waals surface area contributed by atoms with Crippen LogP contribution >= 0.6 is 0 Å². The maximum atomic E-state index is 11.3. The summed E-state index contributed by atoms with van der Waals surface area (Å²) in [4.78, 5) is 11.3. The molecule has 0 saturated heterocycles. The average Bonchev–Trinajstić information content (AvgIpc) is 2.32. The van der Waals surface area contributed by atoms with Gasteiger partial charge in [-0.15, -0.1) is 0 Å². The summed E-state index contributed by atoms with van der Waals surface area (Å²) < 4.78 is 5.71. The van der Waals surface area contributed by atoms with Gasteiger partial charge in [-0.25, -0.2) is 0 Å². The molecule has 1 aromatic rings. The lowest BCUT2D eigenvalue weighted by Gasteiger charge is -2.22. The Balaban J connectivity index is 2.16. The molecule has 0 radical (unpaired) electrons. The average molecular weight is 247 g/mol. The van der Waals surface area contributed by atoms with E-state index in [-0.39, 0.29) is 6.10 Å². The van der Waals surface area contributed by atoms with E-state index >= 15 is 0 Å². The van der Waals surface area contributed by atoms with E-state index in [9.17, 15) is 4.79 Å². The van der Waals surface area contributed by atoms with Gasteiger partial charge in [0.15, 0.2) is 0 Å². The zero-order valence-corrected chi connectivity index (χ0v) is 11.1. The van der Waals surface area contributed by atoms with Crippen molar-refractivity contribution in [2.24, 2.45) is 0 Å². The summed E-state index contributed by atoms with van der Waals surface area (Å²) in [6.07, 6.45) is 3.42. The number of carbonyl (C=O) groups is 1. The van der Waals surface area contributed by atoms with Crippen molar-refractivity contribution in [3.8, 4) is 5.75 Å². The molecule has 0 atom stereocenters. The van der Waals surface area contributed by atoms with Gasteiger partial charge in [0.1, 0.15) is 11.5 Å². The number of carbonyl (C=O) groups excluding carboxylic acids is 1. The van der Waals surface area contributed by atoms with Gasteiger partial charge in [-0.2, -0.15) is 0 Å². The molecular formula is C15H21NO2. The zero-order chi connectivity index (χ0) is 13.1. The lowest BCUT2D eigenvalue weighted by atomic mass is 9.83. The molecule has 0 aliphatic heterocycles. The van der Waals surface area contributed by atoms with E-state index in [2.05, 4.69) is 6.07 Å². The molecule has 3 nitrogen and oxygen atoms in total. The minimum absolute atomic E-state index is 0.121. The molecule has 1 aliphatic carbocycles. The van der Waals surface area contributed by atoms with E-state index in [1.165, 1.54) is 5.56 Å². The van der Waals surface area contributed by atoms with Crippen LogP contribution in [0.15, 0.2) is 18.2 Å². The molecule has 1 aliphatic rings. The fourth-order valence-electron chi connectivity index (χ4n) is 2.43. The lowest BCUT2D eigenvalue weighted by molar-refractivity contribution is -0.120. The minimum atomic E-state index is 0.121. The van der Waals surface area contributed by atoms with Crippen molar-refractivity contribution in [3.05, 3.63) is 23.8 Å². The normalized spacial score (nSPS) is 17.2. The first-order chi connectivity index (χ1) is 8.56. The summed E-state index contributed by atoms with van der Waals surface area (Å²) in [7, 11) is 0. The number of anilines is 1.